The van der Waals surface area contributed by atoms with Crippen LogP contribution in [0.4, 0.5) is 0 Å². The summed E-state index contributed by atoms with van der Waals surface area (Å²) in [5, 5.41) is 7.29. The molecule has 28 heavy (non-hydrogen) atoms. The van der Waals surface area contributed by atoms with E-state index in [0.29, 0.717) is 12.1 Å². The maximum absolute atomic E-state index is 5.46. The Balaban J connectivity index is 1.29. The molecule has 1 saturated carbocycles. The molecule has 1 atom stereocenters. The predicted molar refractivity (Wildman–Crippen MR) is 114 cm³/mol. The van der Waals surface area contributed by atoms with Gasteiger partial charge in [0.1, 0.15) is 5.76 Å². The van der Waals surface area contributed by atoms with Crippen molar-refractivity contribution in [3.63, 3.8) is 0 Å². The van der Waals surface area contributed by atoms with Gasteiger partial charge in [-0.3, -0.25) is 9.89 Å². The van der Waals surface area contributed by atoms with Crippen molar-refractivity contribution in [2.45, 2.75) is 70.0 Å². The standard InChI is InChI=1S/C22H37N5O/c1-2-26-13-3-5-20(26)17-24-22(23-12-9-21-6-4-16-28-21)25-18-10-14-27(15-11-18)19-7-8-19/h4,6,16,18-20H,2-3,5,7-15,17H2,1H3,(H2,23,24,25). The molecule has 6 nitrogen and oxygen atoms in total. The van der Waals surface area contributed by atoms with E-state index in [1.807, 2.05) is 12.1 Å². The van der Waals surface area contributed by atoms with Crippen LogP contribution in [0.25, 0.3) is 0 Å². The molecule has 3 fully saturated rings. The first-order chi connectivity index (χ1) is 13.8. The summed E-state index contributed by atoms with van der Waals surface area (Å²) in [4.78, 5) is 10.2. The van der Waals surface area contributed by atoms with E-state index < -0.39 is 0 Å². The summed E-state index contributed by atoms with van der Waals surface area (Å²) in [5.74, 6) is 2.01. The van der Waals surface area contributed by atoms with Gasteiger partial charge in [-0.2, -0.15) is 0 Å². The average Bonchev–Trinajstić information content (AvgIpc) is 3.24. The van der Waals surface area contributed by atoms with Gasteiger partial charge >= 0.3 is 0 Å². The predicted octanol–water partition coefficient (Wildman–Crippen LogP) is 2.47. The second kappa shape index (κ2) is 9.79. The lowest BCUT2D eigenvalue weighted by Gasteiger charge is -2.33. The maximum Gasteiger partial charge on any atom is 0.191 e. The van der Waals surface area contributed by atoms with E-state index in [9.17, 15) is 0 Å². The molecule has 1 aliphatic carbocycles. The van der Waals surface area contributed by atoms with Gasteiger partial charge in [-0.25, -0.2) is 0 Å². The quantitative estimate of drug-likeness (QED) is 0.530. The zero-order valence-electron chi connectivity index (χ0n) is 17.4. The smallest absolute Gasteiger partial charge is 0.191 e. The molecule has 156 valence electrons. The van der Waals surface area contributed by atoms with Crippen molar-refractivity contribution in [1.29, 1.82) is 0 Å². The second-order valence-electron chi connectivity index (χ2n) is 8.56. The molecule has 0 amide bonds. The molecule has 0 aromatic carbocycles. The SMILES string of the molecule is CCN1CCCC1CN=C(NCCc1ccco1)NC1CCN(C2CC2)CC1. The highest BCUT2D eigenvalue weighted by atomic mass is 16.3. The lowest BCUT2D eigenvalue weighted by atomic mass is 10.1. The molecule has 0 spiro atoms. The van der Waals surface area contributed by atoms with Crippen molar-refractivity contribution < 1.29 is 4.42 Å². The normalized spacial score (nSPS) is 25.3. The van der Waals surface area contributed by atoms with Crippen molar-refractivity contribution in [3.8, 4) is 0 Å². The Morgan fingerprint density at radius 3 is 2.75 bits per heavy atom. The van der Waals surface area contributed by atoms with Crippen LogP contribution >= 0.6 is 0 Å². The maximum atomic E-state index is 5.46. The molecule has 1 aromatic heterocycles. The van der Waals surface area contributed by atoms with Crippen LogP contribution < -0.4 is 10.6 Å². The third kappa shape index (κ3) is 5.51. The molecule has 6 heteroatoms. The highest BCUT2D eigenvalue weighted by molar-refractivity contribution is 5.80. The van der Waals surface area contributed by atoms with Crippen LogP contribution in [-0.2, 0) is 6.42 Å². The zero-order valence-corrected chi connectivity index (χ0v) is 17.4. The molecular formula is C22H37N5O. The van der Waals surface area contributed by atoms with Crippen LogP contribution in [0.1, 0.15) is 51.2 Å². The molecule has 2 aliphatic heterocycles. The van der Waals surface area contributed by atoms with E-state index in [-0.39, 0.29) is 0 Å². The van der Waals surface area contributed by atoms with E-state index in [1.165, 1.54) is 58.2 Å². The van der Waals surface area contributed by atoms with Gasteiger partial charge in [0.25, 0.3) is 0 Å². The van der Waals surface area contributed by atoms with E-state index in [2.05, 4.69) is 27.4 Å². The zero-order chi connectivity index (χ0) is 19.2. The highest BCUT2D eigenvalue weighted by Gasteiger charge is 2.32. The Kier molecular flexibility index (Phi) is 6.91. The Labute approximate surface area is 169 Å². The number of hydrogen-bond acceptors (Lipinski definition) is 4. The first-order valence-corrected chi connectivity index (χ1v) is 11.4. The summed E-state index contributed by atoms with van der Waals surface area (Å²) in [7, 11) is 0. The largest absolute Gasteiger partial charge is 0.469 e. The Morgan fingerprint density at radius 2 is 2.04 bits per heavy atom. The molecule has 3 heterocycles. The Hall–Kier alpha value is -1.53. The summed E-state index contributed by atoms with van der Waals surface area (Å²) in [6.07, 6.45) is 10.5. The molecule has 3 aliphatic rings. The summed E-state index contributed by atoms with van der Waals surface area (Å²) in [6.45, 7) is 8.83. The minimum Gasteiger partial charge on any atom is -0.469 e. The first kappa shape index (κ1) is 19.8. The Bertz CT molecular complexity index is 604. The number of piperidine rings is 1. The third-order valence-corrected chi connectivity index (χ3v) is 6.54. The van der Waals surface area contributed by atoms with Crippen LogP contribution in [-0.4, -0.2) is 73.2 Å². The van der Waals surface area contributed by atoms with Crippen LogP contribution in [0.15, 0.2) is 27.8 Å². The van der Waals surface area contributed by atoms with Crippen molar-refractivity contribution in [3.05, 3.63) is 24.2 Å². The molecule has 2 N–H and O–H groups in total. The van der Waals surface area contributed by atoms with Crippen molar-refractivity contribution >= 4 is 5.96 Å². The van der Waals surface area contributed by atoms with Crippen molar-refractivity contribution in [2.75, 3.05) is 39.3 Å². The highest BCUT2D eigenvalue weighted by Crippen LogP contribution is 2.29. The average molecular weight is 388 g/mol. The van der Waals surface area contributed by atoms with Crippen molar-refractivity contribution in [1.82, 2.24) is 20.4 Å². The third-order valence-electron chi connectivity index (χ3n) is 6.54. The first-order valence-electron chi connectivity index (χ1n) is 11.4. The summed E-state index contributed by atoms with van der Waals surface area (Å²) >= 11 is 0. The number of aliphatic imine (C=N–C) groups is 1. The van der Waals surface area contributed by atoms with E-state index in [0.717, 1.165) is 43.8 Å². The van der Waals surface area contributed by atoms with Crippen LogP contribution in [0, 0.1) is 0 Å². The Morgan fingerprint density at radius 1 is 1.18 bits per heavy atom. The number of furan rings is 1. The summed E-state index contributed by atoms with van der Waals surface area (Å²) in [6, 6.07) is 6.02. The van der Waals surface area contributed by atoms with E-state index >= 15 is 0 Å². The van der Waals surface area contributed by atoms with Gasteiger partial charge in [-0.1, -0.05) is 6.92 Å². The van der Waals surface area contributed by atoms with Gasteiger partial charge in [-0.05, 0) is 63.7 Å². The topological polar surface area (TPSA) is 56.0 Å². The van der Waals surface area contributed by atoms with E-state index in [4.69, 9.17) is 9.41 Å². The van der Waals surface area contributed by atoms with Gasteiger partial charge in [0.2, 0.25) is 0 Å². The number of nitrogens with zero attached hydrogens (tertiary/aromatic N) is 3. The molecule has 4 rings (SSSR count). The van der Waals surface area contributed by atoms with Crippen LogP contribution in [0.5, 0.6) is 0 Å². The molecule has 2 saturated heterocycles. The lowest BCUT2D eigenvalue weighted by molar-refractivity contribution is 0.197. The number of guanidine groups is 1. The van der Waals surface area contributed by atoms with Gasteiger partial charge in [-0.15, -0.1) is 0 Å². The van der Waals surface area contributed by atoms with Crippen LogP contribution in [0.3, 0.4) is 0 Å². The molecule has 1 aromatic rings. The fourth-order valence-electron chi connectivity index (χ4n) is 4.67. The van der Waals surface area contributed by atoms with E-state index in [1.54, 1.807) is 6.26 Å². The lowest BCUT2D eigenvalue weighted by Crippen LogP contribution is -2.49. The van der Waals surface area contributed by atoms with Crippen molar-refractivity contribution in [2.24, 2.45) is 4.99 Å². The van der Waals surface area contributed by atoms with Gasteiger partial charge < -0.3 is 20.0 Å². The minimum absolute atomic E-state index is 0.538. The molecule has 1 unspecified atom stereocenters. The molecule has 0 radical (unpaired) electrons. The fraction of sp³-hybridized carbons (Fsp3) is 0.773. The molecular weight excluding hydrogens is 350 g/mol. The number of rotatable bonds is 8. The number of likely N-dealkylation sites (N-methyl/N-ethyl adjacent to an activating group) is 1. The summed E-state index contributed by atoms with van der Waals surface area (Å²) in [5.41, 5.74) is 0. The molecule has 0 bridgehead atoms. The number of nitrogens with one attached hydrogen (secondary N) is 2. The minimum atomic E-state index is 0.538. The number of hydrogen-bond donors (Lipinski definition) is 2. The fourth-order valence-corrected chi connectivity index (χ4v) is 4.67. The second-order valence-corrected chi connectivity index (χ2v) is 8.56. The monoisotopic (exact) mass is 387 g/mol. The van der Waals surface area contributed by atoms with Crippen LogP contribution in [0.2, 0.25) is 0 Å². The van der Waals surface area contributed by atoms with Gasteiger partial charge in [0.05, 0.1) is 12.8 Å². The van der Waals surface area contributed by atoms with Gasteiger partial charge in [0, 0.05) is 44.2 Å². The van der Waals surface area contributed by atoms with Gasteiger partial charge in [0.15, 0.2) is 5.96 Å². The number of likely N-dealkylation sites (tertiary alicyclic amines) is 2. The summed E-state index contributed by atoms with van der Waals surface area (Å²) < 4.78 is 5.46.